The van der Waals surface area contributed by atoms with E-state index in [4.69, 9.17) is 5.73 Å². The van der Waals surface area contributed by atoms with Crippen molar-refractivity contribution < 1.29 is 4.79 Å². The Hall–Kier alpha value is -2.49. The number of hydrogen-bond donors (Lipinski definition) is 2. The minimum atomic E-state index is -0.153. The summed E-state index contributed by atoms with van der Waals surface area (Å²) in [5.41, 5.74) is 9.78. The van der Waals surface area contributed by atoms with E-state index in [0.717, 1.165) is 17.8 Å². The molecule has 2 rings (SSSR count). The smallest absolute Gasteiger partial charge is 0.257 e. The average Bonchev–Trinajstić information content (AvgIpc) is 2.47. The molecule has 0 radical (unpaired) electrons. The van der Waals surface area contributed by atoms with Crippen LogP contribution in [0.1, 0.15) is 22.8 Å². The number of carbonyl (C=O) groups is 1. The number of carbonyl (C=O) groups excluding carboxylic acids is 1. The fourth-order valence-electron chi connectivity index (χ4n) is 2.19. The third kappa shape index (κ3) is 3.54. The highest BCUT2D eigenvalue weighted by molar-refractivity contribution is 6.08. The van der Waals surface area contributed by atoms with Gasteiger partial charge in [0.2, 0.25) is 0 Å². The highest BCUT2D eigenvalue weighted by atomic mass is 16.1. The minimum absolute atomic E-state index is 0.153. The maximum Gasteiger partial charge on any atom is 0.257 e. The Kier molecular flexibility index (Phi) is 4.48. The molecule has 2 aromatic carbocycles. The monoisotopic (exact) mass is 283 g/mol. The first kappa shape index (κ1) is 14.9. The van der Waals surface area contributed by atoms with Crippen LogP contribution in [0.15, 0.2) is 42.5 Å². The molecule has 0 saturated heterocycles. The van der Waals surface area contributed by atoms with E-state index in [9.17, 15) is 4.79 Å². The minimum Gasteiger partial charge on any atom is -0.399 e. The Bertz CT molecular complexity index is 650. The lowest BCUT2D eigenvalue weighted by atomic mass is 10.1. The van der Waals surface area contributed by atoms with Gasteiger partial charge in [0.25, 0.3) is 5.91 Å². The van der Waals surface area contributed by atoms with E-state index in [-0.39, 0.29) is 5.91 Å². The molecule has 0 bridgehead atoms. The first-order valence-electron chi connectivity index (χ1n) is 6.98. The largest absolute Gasteiger partial charge is 0.399 e. The molecule has 110 valence electrons. The van der Waals surface area contributed by atoms with Crippen LogP contribution in [0.5, 0.6) is 0 Å². The van der Waals surface area contributed by atoms with E-state index in [1.54, 1.807) is 12.1 Å². The van der Waals surface area contributed by atoms with Gasteiger partial charge in [-0.25, -0.2) is 0 Å². The summed E-state index contributed by atoms with van der Waals surface area (Å²) in [6.07, 6.45) is 0.935. The van der Waals surface area contributed by atoms with Gasteiger partial charge in [0, 0.05) is 31.2 Å². The quantitative estimate of drug-likeness (QED) is 0.847. The van der Waals surface area contributed by atoms with Crippen LogP contribution >= 0.6 is 0 Å². The molecule has 0 aliphatic rings. The first-order chi connectivity index (χ1) is 10.0. The number of amides is 1. The van der Waals surface area contributed by atoms with Crippen LogP contribution in [0.25, 0.3) is 0 Å². The molecule has 1 amide bonds. The van der Waals surface area contributed by atoms with Crippen LogP contribution in [0.2, 0.25) is 0 Å². The fraction of sp³-hybridized carbons (Fsp3) is 0.235. The van der Waals surface area contributed by atoms with Crippen LogP contribution in [0.4, 0.5) is 17.1 Å². The molecule has 0 spiro atoms. The average molecular weight is 283 g/mol. The molecule has 0 aromatic heterocycles. The molecule has 4 heteroatoms. The maximum atomic E-state index is 12.5. The van der Waals surface area contributed by atoms with Crippen molar-refractivity contribution in [2.24, 2.45) is 0 Å². The van der Waals surface area contributed by atoms with Crippen molar-refractivity contribution in [2.45, 2.75) is 13.3 Å². The standard InChI is InChI=1S/C17H21N3O/c1-4-12-6-5-7-14(10-12)19-17(21)15-11-13(18)8-9-16(15)20(2)3/h5-11H,4,18H2,1-3H3,(H,19,21). The summed E-state index contributed by atoms with van der Waals surface area (Å²) < 4.78 is 0. The van der Waals surface area contributed by atoms with Gasteiger partial charge in [0.1, 0.15) is 0 Å². The highest BCUT2D eigenvalue weighted by Crippen LogP contribution is 2.23. The molecule has 2 aromatic rings. The number of nitrogens with one attached hydrogen (secondary N) is 1. The Morgan fingerprint density at radius 3 is 2.62 bits per heavy atom. The van der Waals surface area contributed by atoms with Crippen LogP contribution in [-0.2, 0) is 6.42 Å². The number of benzene rings is 2. The molecular formula is C17H21N3O. The number of nitrogens with zero attached hydrogens (tertiary/aromatic N) is 1. The predicted octanol–water partition coefficient (Wildman–Crippen LogP) is 3.15. The van der Waals surface area contributed by atoms with Gasteiger partial charge in [0.15, 0.2) is 0 Å². The summed E-state index contributed by atoms with van der Waals surface area (Å²) in [7, 11) is 3.81. The Morgan fingerprint density at radius 2 is 1.95 bits per heavy atom. The first-order valence-corrected chi connectivity index (χ1v) is 6.98. The van der Waals surface area contributed by atoms with Crippen molar-refractivity contribution in [3.63, 3.8) is 0 Å². The Balaban J connectivity index is 2.29. The molecule has 0 saturated carbocycles. The van der Waals surface area contributed by atoms with E-state index >= 15 is 0 Å². The molecule has 0 aliphatic heterocycles. The van der Waals surface area contributed by atoms with E-state index in [1.165, 1.54) is 5.56 Å². The van der Waals surface area contributed by atoms with Crippen molar-refractivity contribution in [1.82, 2.24) is 0 Å². The molecule has 21 heavy (non-hydrogen) atoms. The van der Waals surface area contributed by atoms with Gasteiger partial charge in [-0.1, -0.05) is 19.1 Å². The van der Waals surface area contributed by atoms with E-state index in [2.05, 4.69) is 12.2 Å². The molecule has 0 heterocycles. The molecule has 0 atom stereocenters. The SMILES string of the molecule is CCc1cccc(NC(=O)c2cc(N)ccc2N(C)C)c1. The molecular weight excluding hydrogens is 262 g/mol. The summed E-state index contributed by atoms with van der Waals surface area (Å²) in [5, 5.41) is 2.93. The van der Waals surface area contributed by atoms with Gasteiger partial charge in [-0.2, -0.15) is 0 Å². The lowest BCUT2D eigenvalue weighted by Crippen LogP contribution is -2.18. The summed E-state index contributed by atoms with van der Waals surface area (Å²) in [6.45, 7) is 2.09. The van der Waals surface area contributed by atoms with E-state index in [1.807, 2.05) is 49.3 Å². The number of rotatable bonds is 4. The van der Waals surface area contributed by atoms with Gasteiger partial charge in [-0.3, -0.25) is 4.79 Å². The van der Waals surface area contributed by atoms with Crippen molar-refractivity contribution >= 4 is 23.0 Å². The van der Waals surface area contributed by atoms with Gasteiger partial charge >= 0.3 is 0 Å². The highest BCUT2D eigenvalue weighted by Gasteiger charge is 2.13. The van der Waals surface area contributed by atoms with Crippen molar-refractivity contribution in [1.29, 1.82) is 0 Å². The van der Waals surface area contributed by atoms with Crippen molar-refractivity contribution in [3.8, 4) is 0 Å². The second-order valence-corrected chi connectivity index (χ2v) is 5.18. The summed E-state index contributed by atoms with van der Waals surface area (Å²) in [4.78, 5) is 14.4. The maximum absolute atomic E-state index is 12.5. The zero-order valence-electron chi connectivity index (χ0n) is 12.7. The molecule has 3 N–H and O–H groups in total. The van der Waals surface area contributed by atoms with Gasteiger partial charge < -0.3 is 16.0 Å². The lowest BCUT2D eigenvalue weighted by Gasteiger charge is -2.17. The van der Waals surface area contributed by atoms with Gasteiger partial charge in [-0.15, -0.1) is 0 Å². The molecule has 0 unspecified atom stereocenters. The zero-order chi connectivity index (χ0) is 15.4. The molecule has 0 fully saturated rings. The number of nitrogen functional groups attached to an aromatic ring is 1. The summed E-state index contributed by atoms with van der Waals surface area (Å²) in [5.74, 6) is -0.153. The second-order valence-electron chi connectivity index (χ2n) is 5.18. The van der Waals surface area contributed by atoms with Crippen LogP contribution in [0.3, 0.4) is 0 Å². The van der Waals surface area contributed by atoms with Crippen LogP contribution in [0, 0.1) is 0 Å². The number of nitrogens with two attached hydrogens (primary N) is 1. The van der Waals surface area contributed by atoms with Crippen molar-refractivity contribution in [3.05, 3.63) is 53.6 Å². The third-order valence-corrected chi connectivity index (χ3v) is 3.34. The second kappa shape index (κ2) is 6.31. The van der Waals surface area contributed by atoms with Crippen LogP contribution < -0.4 is 16.0 Å². The number of hydrogen-bond acceptors (Lipinski definition) is 3. The molecule has 0 aliphatic carbocycles. The lowest BCUT2D eigenvalue weighted by molar-refractivity contribution is 0.102. The topological polar surface area (TPSA) is 58.4 Å². The summed E-state index contributed by atoms with van der Waals surface area (Å²) in [6, 6.07) is 13.2. The van der Waals surface area contributed by atoms with E-state index < -0.39 is 0 Å². The number of aryl methyl sites for hydroxylation is 1. The van der Waals surface area contributed by atoms with Gasteiger partial charge in [-0.05, 0) is 42.3 Å². The predicted molar refractivity (Wildman–Crippen MR) is 89.0 cm³/mol. The summed E-state index contributed by atoms with van der Waals surface area (Å²) >= 11 is 0. The third-order valence-electron chi connectivity index (χ3n) is 3.34. The van der Waals surface area contributed by atoms with E-state index in [0.29, 0.717) is 11.3 Å². The normalized spacial score (nSPS) is 10.2. The Labute approximate surface area is 125 Å². The van der Waals surface area contributed by atoms with Gasteiger partial charge in [0.05, 0.1) is 5.56 Å². The Morgan fingerprint density at radius 1 is 1.19 bits per heavy atom. The fourth-order valence-corrected chi connectivity index (χ4v) is 2.19. The van der Waals surface area contributed by atoms with Crippen LogP contribution in [-0.4, -0.2) is 20.0 Å². The zero-order valence-corrected chi connectivity index (χ0v) is 12.7. The molecule has 4 nitrogen and oxygen atoms in total. The van der Waals surface area contributed by atoms with Crippen molar-refractivity contribution in [2.75, 3.05) is 30.0 Å². The number of anilines is 3.